The average molecular weight is 387 g/mol. The third-order valence-corrected chi connectivity index (χ3v) is 4.46. The molecule has 0 aliphatic carbocycles. The van der Waals surface area contributed by atoms with Crippen LogP contribution in [0, 0.1) is 11.8 Å². The van der Waals surface area contributed by atoms with Crippen LogP contribution in [-0.2, 0) is 28.3 Å². The van der Waals surface area contributed by atoms with Crippen LogP contribution in [0.1, 0.15) is 47.0 Å². The molecule has 7 heteroatoms. The monoisotopic (exact) mass is 386 g/mol. The normalized spacial score (nSPS) is 14.3. The third-order valence-electron chi connectivity index (χ3n) is 3.65. The van der Waals surface area contributed by atoms with E-state index in [0.29, 0.717) is 19.4 Å². The zero-order valence-corrected chi connectivity index (χ0v) is 18.2. The van der Waals surface area contributed by atoms with Crippen LogP contribution in [0.4, 0.5) is 0 Å². The summed E-state index contributed by atoms with van der Waals surface area (Å²) in [4.78, 5) is 36.2. The highest BCUT2D eigenvalue weighted by atomic mass is 28.4. The van der Waals surface area contributed by atoms with Gasteiger partial charge in [-0.1, -0.05) is 13.8 Å². The van der Waals surface area contributed by atoms with Crippen LogP contribution >= 0.6 is 0 Å². The lowest BCUT2D eigenvalue weighted by molar-refractivity contribution is -0.146. The molecule has 0 aliphatic rings. The van der Waals surface area contributed by atoms with Gasteiger partial charge < -0.3 is 13.9 Å². The molecule has 0 heterocycles. The molecule has 0 bridgehead atoms. The number of carbonyl (C=O) groups is 3. The highest BCUT2D eigenvalue weighted by Crippen LogP contribution is 2.21. The summed E-state index contributed by atoms with van der Waals surface area (Å²) in [5.41, 5.74) is 0. The summed E-state index contributed by atoms with van der Waals surface area (Å²) in [7, 11) is -1.89. The fraction of sp³-hybridized carbons (Fsp3) is 0.737. The lowest BCUT2D eigenvalue weighted by Gasteiger charge is -2.22. The molecule has 6 nitrogen and oxygen atoms in total. The molecule has 0 fully saturated rings. The maximum absolute atomic E-state index is 12.5. The van der Waals surface area contributed by atoms with Crippen molar-refractivity contribution in [2.45, 2.75) is 66.6 Å². The smallest absolute Gasteiger partial charge is 0.313 e. The number of carbonyl (C=O) groups excluding carboxylic acids is 3. The van der Waals surface area contributed by atoms with Gasteiger partial charge in [-0.05, 0) is 46.3 Å². The molecular formula is C19H34O6Si. The Morgan fingerprint density at radius 3 is 2.04 bits per heavy atom. The summed E-state index contributed by atoms with van der Waals surface area (Å²) >= 11 is 0. The van der Waals surface area contributed by atoms with E-state index >= 15 is 0 Å². The minimum absolute atomic E-state index is 0.144. The number of Topliss-reactive ketones (excluding diaryl/α,β-unsaturated/α-hetero) is 1. The van der Waals surface area contributed by atoms with Gasteiger partial charge in [0.1, 0.15) is 12.2 Å². The number of hydrogen-bond donors (Lipinski definition) is 0. The van der Waals surface area contributed by atoms with E-state index in [1.54, 1.807) is 13.8 Å². The largest absolute Gasteiger partial charge is 0.520 e. The van der Waals surface area contributed by atoms with Gasteiger partial charge >= 0.3 is 5.97 Å². The van der Waals surface area contributed by atoms with E-state index in [9.17, 15) is 14.4 Å². The molecule has 2 unspecified atom stereocenters. The van der Waals surface area contributed by atoms with Gasteiger partial charge in [-0.3, -0.25) is 14.4 Å². The van der Waals surface area contributed by atoms with Gasteiger partial charge in [0, 0.05) is 11.8 Å². The molecule has 2 atom stereocenters. The van der Waals surface area contributed by atoms with Gasteiger partial charge in [0.05, 0.1) is 19.3 Å². The van der Waals surface area contributed by atoms with Crippen LogP contribution in [0.25, 0.3) is 0 Å². The Kier molecular flexibility index (Phi) is 11.1. The van der Waals surface area contributed by atoms with Crippen molar-refractivity contribution in [3.05, 3.63) is 12.0 Å². The molecule has 0 amide bonds. The molecule has 0 aromatic heterocycles. The highest BCUT2D eigenvalue weighted by molar-refractivity contribution is 6.70. The van der Waals surface area contributed by atoms with Gasteiger partial charge in [0.2, 0.25) is 8.32 Å². The van der Waals surface area contributed by atoms with Crippen molar-refractivity contribution >= 4 is 25.9 Å². The zero-order chi connectivity index (χ0) is 20.3. The molecule has 150 valence electrons. The lowest BCUT2D eigenvalue weighted by Crippen LogP contribution is -2.27. The summed E-state index contributed by atoms with van der Waals surface area (Å²) in [6.07, 6.45) is 2.10. The minimum atomic E-state index is -1.89. The fourth-order valence-electron chi connectivity index (χ4n) is 2.37. The Bertz CT molecular complexity index is 507. The molecular weight excluding hydrogens is 352 g/mol. The molecule has 0 rings (SSSR count). The van der Waals surface area contributed by atoms with Crippen LogP contribution in [0.5, 0.6) is 0 Å². The number of ether oxygens (including phenoxy) is 2. The topological polar surface area (TPSA) is 78.9 Å². The molecule has 0 saturated carbocycles. The van der Waals surface area contributed by atoms with E-state index < -0.39 is 14.3 Å². The Morgan fingerprint density at radius 1 is 1.00 bits per heavy atom. The second-order valence-corrected chi connectivity index (χ2v) is 11.6. The second kappa shape index (κ2) is 11.9. The van der Waals surface area contributed by atoms with Crippen molar-refractivity contribution in [1.82, 2.24) is 0 Å². The van der Waals surface area contributed by atoms with Crippen molar-refractivity contribution in [3.63, 3.8) is 0 Å². The summed E-state index contributed by atoms with van der Waals surface area (Å²) < 4.78 is 16.0. The molecule has 0 radical (unpaired) electrons. The fourth-order valence-corrected chi connectivity index (χ4v) is 3.09. The number of allylic oxidation sites excluding steroid dienone is 1. The Hall–Kier alpha value is -1.63. The van der Waals surface area contributed by atoms with E-state index in [0.717, 1.165) is 0 Å². The first kappa shape index (κ1) is 24.4. The molecule has 0 aromatic carbocycles. The van der Waals surface area contributed by atoms with Crippen molar-refractivity contribution in [1.29, 1.82) is 0 Å². The molecule has 0 N–H and O–H groups in total. The number of ketones is 2. The molecule has 0 aliphatic heterocycles. The lowest BCUT2D eigenvalue weighted by atomic mass is 9.87. The van der Waals surface area contributed by atoms with E-state index in [4.69, 9.17) is 13.9 Å². The van der Waals surface area contributed by atoms with Crippen molar-refractivity contribution < 1.29 is 28.3 Å². The van der Waals surface area contributed by atoms with Crippen molar-refractivity contribution in [2.75, 3.05) is 13.2 Å². The van der Waals surface area contributed by atoms with Crippen LogP contribution in [0.2, 0.25) is 19.6 Å². The van der Waals surface area contributed by atoms with Crippen molar-refractivity contribution in [2.24, 2.45) is 11.8 Å². The van der Waals surface area contributed by atoms with Gasteiger partial charge in [-0.25, -0.2) is 0 Å². The van der Waals surface area contributed by atoms with Crippen LogP contribution in [0.3, 0.4) is 0 Å². The van der Waals surface area contributed by atoms with Gasteiger partial charge in [0.25, 0.3) is 5.95 Å². The molecule has 26 heavy (non-hydrogen) atoms. The first-order valence-corrected chi connectivity index (χ1v) is 12.7. The average Bonchev–Trinajstić information content (AvgIpc) is 2.50. The Morgan fingerprint density at radius 2 is 1.58 bits per heavy atom. The zero-order valence-electron chi connectivity index (χ0n) is 17.2. The number of rotatable bonds is 13. The SMILES string of the molecule is CCOC(=O)CC(=O)C(CC)CC(C)C(=O)/C=C(\OCC)O[Si](C)(C)C. The summed E-state index contributed by atoms with van der Waals surface area (Å²) in [6, 6.07) is 0. The Labute approximate surface area is 158 Å². The molecule has 0 saturated heterocycles. The first-order chi connectivity index (χ1) is 12.0. The summed E-state index contributed by atoms with van der Waals surface area (Å²) in [5.74, 6) is -1.31. The maximum Gasteiger partial charge on any atom is 0.313 e. The Balaban J connectivity index is 4.94. The van der Waals surface area contributed by atoms with Crippen LogP contribution in [0.15, 0.2) is 12.0 Å². The first-order valence-electron chi connectivity index (χ1n) is 9.29. The number of esters is 1. The van der Waals surface area contributed by atoms with Gasteiger partial charge in [-0.2, -0.15) is 0 Å². The van der Waals surface area contributed by atoms with Crippen molar-refractivity contribution in [3.8, 4) is 0 Å². The van der Waals surface area contributed by atoms with Gasteiger partial charge in [0.15, 0.2) is 5.78 Å². The molecule has 0 spiro atoms. The standard InChI is InChI=1S/C19H34O6Si/c1-8-15(17(21)12-18(22)23-9-2)11-14(4)16(20)13-19(24-10-3)25-26(5,6)7/h13-15H,8-12H2,1-7H3/b19-13+. The minimum Gasteiger partial charge on any atom is -0.520 e. The maximum atomic E-state index is 12.5. The predicted octanol–water partition coefficient (Wildman–Crippen LogP) is 3.86. The van der Waals surface area contributed by atoms with E-state index in [1.165, 1.54) is 6.08 Å². The predicted molar refractivity (Wildman–Crippen MR) is 103 cm³/mol. The van der Waals surface area contributed by atoms with Crippen LogP contribution < -0.4 is 0 Å². The third kappa shape index (κ3) is 10.4. The number of hydrogen-bond acceptors (Lipinski definition) is 6. The van der Waals surface area contributed by atoms with E-state index in [2.05, 4.69) is 0 Å². The summed E-state index contributed by atoms with van der Waals surface area (Å²) in [6.45, 7) is 13.9. The van der Waals surface area contributed by atoms with Crippen LogP contribution in [-0.4, -0.2) is 39.1 Å². The van der Waals surface area contributed by atoms with Gasteiger partial charge in [-0.15, -0.1) is 0 Å². The molecule has 0 aromatic rings. The quantitative estimate of drug-likeness (QED) is 0.157. The van der Waals surface area contributed by atoms with E-state index in [-0.39, 0.29) is 42.4 Å². The van der Waals surface area contributed by atoms with E-state index in [1.807, 2.05) is 33.5 Å². The summed E-state index contributed by atoms with van der Waals surface area (Å²) in [5, 5.41) is 0. The second-order valence-electron chi connectivity index (χ2n) is 7.20. The highest BCUT2D eigenvalue weighted by Gasteiger charge is 2.26.